The Morgan fingerprint density at radius 3 is 1.13 bits per heavy atom. The lowest BCUT2D eigenvalue weighted by Gasteiger charge is -2.20. The molecule has 38 heavy (non-hydrogen) atoms. The first-order valence-corrected chi connectivity index (χ1v) is 14.9. The number of rotatable bonds is 8. The fourth-order valence-electron chi connectivity index (χ4n) is 4.51. The van der Waals surface area contributed by atoms with Crippen molar-refractivity contribution >= 4 is 23.8 Å². The number of aryl methyl sites for hydroxylation is 2. The summed E-state index contributed by atoms with van der Waals surface area (Å²) < 4.78 is 0. The molecule has 0 fully saturated rings. The Bertz CT molecular complexity index is 1260. The zero-order valence-electron chi connectivity index (χ0n) is 22.4. The highest BCUT2D eigenvalue weighted by Crippen LogP contribution is 2.33. The molecule has 5 rings (SSSR count). The van der Waals surface area contributed by atoms with Gasteiger partial charge in [0.2, 0.25) is 0 Å². The van der Waals surface area contributed by atoms with Gasteiger partial charge in [-0.2, -0.15) is 0 Å². The Morgan fingerprint density at radius 1 is 0.447 bits per heavy atom. The number of hydrogen-bond donors (Lipinski definition) is 1. The molecule has 0 aliphatic heterocycles. The van der Waals surface area contributed by atoms with Crippen molar-refractivity contribution in [2.45, 2.75) is 39.5 Å². The van der Waals surface area contributed by atoms with Gasteiger partial charge in [-0.3, -0.25) is 0 Å². The van der Waals surface area contributed by atoms with Gasteiger partial charge in [-0.1, -0.05) is 148 Å². The Kier molecular flexibility index (Phi) is 10.3. The van der Waals surface area contributed by atoms with Crippen LogP contribution in [0.15, 0.2) is 133 Å². The molecule has 2 heteroatoms. The van der Waals surface area contributed by atoms with Crippen LogP contribution in [0.2, 0.25) is 0 Å². The maximum absolute atomic E-state index is 9.68. The van der Waals surface area contributed by atoms with Gasteiger partial charge in [0.05, 0.1) is 0 Å². The molecule has 0 atom stereocenters. The van der Waals surface area contributed by atoms with E-state index in [1.807, 2.05) is 12.1 Å². The van der Waals surface area contributed by atoms with E-state index in [2.05, 4.69) is 123 Å². The second-order valence-corrected chi connectivity index (χ2v) is 11.6. The van der Waals surface area contributed by atoms with E-state index in [0.717, 1.165) is 12.8 Å². The van der Waals surface area contributed by atoms with Gasteiger partial charge in [0.15, 0.2) is 0 Å². The summed E-state index contributed by atoms with van der Waals surface area (Å²) in [5, 5.41) is 13.7. The van der Waals surface area contributed by atoms with Crippen molar-refractivity contribution in [3.8, 4) is 16.9 Å². The number of benzene rings is 5. The van der Waals surface area contributed by atoms with Gasteiger partial charge >= 0.3 is 0 Å². The fraction of sp³-hybridized carbons (Fsp3) is 0.167. The standard InChI is InChI=1S/C24H27OP.C12H10/c1-3-5-19-7-13-22(14-8-19)26(24-17-11-21(25)12-18-24)23-15-9-20(6-4-2)10-16-23;1-3-7-11(8-4-1)12-9-5-2-6-10-12/h7-18,25H,3-6H2,1-2H3;1-10H. The van der Waals surface area contributed by atoms with Crippen molar-refractivity contribution in [2.75, 3.05) is 0 Å². The highest BCUT2D eigenvalue weighted by atomic mass is 31.1. The first kappa shape index (κ1) is 27.4. The predicted molar refractivity (Wildman–Crippen MR) is 167 cm³/mol. The maximum atomic E-state index is 9.68. The van der Waals surface area contributed by atoms with Crippen molar-refractivity contribution in [1.82, 2.24) is 0 Å². The number of aromatic hydroxyl groups is 1. The summed E-state index contributed by atoms with van der Waals surface area (Å²) in [6.45, 7) is 4.43. The molecule has 0 aliphatic rings. The van der Waals surface area contributed by atoms with E-state index in [1.165, 1.54) is 51.0 Å². The molecule has 1 nitrogen and oxygen atoms in total. The van der Waals surface area contributed by atoms with Crippen LogP contribution in [0.4, 0.5) is 0 Å². The molecule has 0 aromatic heterocycles. The second kappa shape index (κ2) is 14.3. The van der Waals surface area contributed by atoms with E-state index in [4.69, 9.17) is 0 Å². The summed E-state index contributed by atoms with van der Waals surface area (Å²) in [6.07, 6.45) is 4.60. The van der Waals surface area contributed by atoms with Gasteiger partial charge in [-0.25, -0.2) is 0 Å². The molecule has 0 aliphatic carbocycles. The first-order valence-electron chi connectivity index (χ1n) is 13.6. The zero-order chi connectivity index (χ0) is 26.6. The van der Waals surface area contributed by atoms with E-state index < -0.39 is 7.92 Å². The van der Waals surface area contributed by atoms with E-state index in [1.54, 1.807) is 12.1 Å². The summed E-state index contributed by atoms with van der Waals surface area (Å²) in [7, 11) is -0.613. The van der Waals surface area contributed by atoms with Crippen molar-refractivity contribution in [1.29, 1.82) is 0 Å². The smallest absolute Gasteiger partial charge is 0.115 e. The Hall–Kier alpha value is -3.67. The molecule has 0 radical (unpaired) electrons. The van der Waals surface area contributed by atoms with Crippen LogP contribution in [0.3, 0.4) is 0 Å². The molecular weight excluding hydrogens is 479 g/mol. The highest BCUT2D eigenvalue weighted by Gasteiger charge is 2.16. The molecule has 0 spiro atoms. The monoisotopic (exact) mass is 516 g/mol. The van der Waals surface area contributed by atoms with Crippen LogP contribution in [-0.2, 0) is 12.8 Å². The number of phenols is 1. The Morgan fingerprint density at radius 2 is 0.789 bits per heavy atom. The fourth-order valence-corrected chi connectivity index (χ4v) is 6.75. The molecule has 1 N–H and O–H groups in total. The topological polar surface area (TPSA) is 20.2 Å². The summed E-state index contributed by atoms with van der Waals surface area (Å²) in [6, 6.07) is 46.7. The third-order valence-corrected chi connectivity index (χ3v) is 8.90. The quantitative estimate of drug-likeness (QED) is 0.205. The molecule has 0 saturated heterocycles. The minimum absolute atomic E-state index is 0.320. The number of phenolic OH excluding ortho intramolecular Hbond substituents is 1. The lowest BCUT2D eigenvalue weighted by molar-refractivity contribution is 0.475. The molecule has 0 saturated carbocycles. The van der Waals surface area contributed by atoms with E-state index >= 15 is 0 Å². The predicted octanol–water partition coefficient (Wildman–Crippen LogP) is 8.41. The summed E-state index contributed by atoms with van der Waals surface area (Å²) in [4.78, 5) is 0. The molecule has 0 amide bonds. The molecule has 0 heterocycles. The molecule has 0 unspecified atom stereocenters. The van der Waals surface area contributed by atoms with Crippen molar-refractivity contribution in [3.05, 3.63) is 145 Å². The number of hydrogen-bond acceptors (Lipinski definition) is 1. The van der Waals surface area contributed by atoms with Crippen molar-refractivity contribution in [2.24, 2.45) is 0 Å². The van der Waals surface area contributed by atoms with Crippen LogP contribution in [0, 0.1) is 0 Å². The minimum atomic E-state index is -0.613. The SMILES string of the molecule is CCCc1ccc(P(c2ccc(O)cc2)c2ccc(CCC)cc2)cc1.c1ccc(-c2ccccc2)cc1. The van der Waals surface area contributed by atoms with E-state index in [9.17, 15) is 5.11 Å². The zero-order valence-corrected chi connectivity index (χ0v) is 23.3. The van der Waals surface area contributed by atoms with Crippen LogP contribution < -0.4 is 15.9 Å². The van der Waals surface area contributed by atoms with Gasteiger partial charge in [0, 0.05) is 0 Å². The second-order valence-electron chi connectivity index (χ2n) is 9.42. The average Bonchev–Trinajstić information content (AvgIpc) is 2.98. The van der Waals surface area contributed by atoms with Gasteiger partial charge < -0.3 is 5.11 Å². The Balaban J connectivity index is 0.000000232. The molecule has 192 valence electrons. The normalized spacial score (nSPS) is 10.6. The van der Waals surface area contributed by atoms with E-state index in [0.29, 0.717) is 5.75 Å². The lowest BCUT2D eigenvalue weighted by atomic mass is 10.1. The maximum Gasteiger partial charge on any atom is 0.115 e. The summed E-state index contributed by atoms with van der Waals surface area (Å²) in [5.74, 6) is 0.320. The molecule has 0 bridgehead atoms. The minimum Gasteiger partial charge on any atom is -0.508 e. The van der Waals surface area contributed by atoms with E-state index in [-0.39, 0.29) is 0 Å². The largest absolute Gasteiger partial charge is 0.508 e. The highest BCUT2D eigenvalue weighted by molar-refractivity contribution is 7.79. The van der Waals surface area contributed by atoms with Gasteiger partial charge in [-0.05, 0) is 71.1 Å². The van der Waals surface area contributed by atoms with Crippen molar-refractivity contribution < 1.29 is 5.11 Å². The van der Waals surface area contributed by atoms with Crippen LogP contribution in [-0.4, -0.2) is 5.11 Å². The summed E-state index contributed by atoms with van der Waals surface area (Å²) >= 11 is 0. The van der Waals surface area contributed by atoms with Gasteiger partial charge in [0.1, 0.15) is 5.75 Å². The first-order chi connectivity index (χ1) is 18.7. The van der Waals surface area contributed by atoms with Gasteiger partial charge in [-0.15, -0.1) is 0 Å². The molecule has 5 aromatic rings. The third-order valence-electron chi connectivity index (χ3n) is 6.46. The Labute approximate surface area is 229 Å². The molecule has 5 aromatic carbocycles. The summed E-state index contributed by atoms with van der Waals surface area (Å²) in [5.41, 5.74) is 5.35. The van der Waals surface area contributed by atoms with Crippen LogP contribution >= 0.6 is 7.92 Å². The van der Waals surface area contributed by atoms with Crippen LogP contribution in [0.1, 0.15) is 37.8 Å². The average molecular weight is 517 g/mol. The van der Waals surface area contributed by atoms with Crippen molar-refractivity contribution in [3.63, 3.8) is 0 Å². The molecular formula is C36H37OP. The van der Waals surface area contributed by atoms with Crippen LogP contribution in [0.25, 0.3) is 11.1 Å². The van der Waals surface area contributed by atoms with Gasteiger partial charge in [0.25, 0.3) is 0 Å². The van der Waals surface area contributed by atoms with Crippen LogP contribution in [0.5, 0.6) is 5.75 Å². The lowest BCUT2D eigenvalue weighted by Crippen LogP contribution is -2.20. The third kappa shape index (κ3) is 7.67.